The Kier molecular flexibility index (Phi) is 4.11. The van der Waals surface area contributed by atoms with Crippen molar-refractivity contribution in [1.82, 2.24) is 9.97 Å². The molecule has 0 radical (unpaired) electrons. The van der Waals surface area contributed by atoms with Gasteiger partial charge in [-0.05, 0) is 31.2 Å². The summed E-state index contributed by atoms with van der Waals surface area (Å²) in [7, 11) is 0. The molecule has 5 nitrogen and oxygen atoms in total. The summed E-state index contributed by atoms with van der Waals surface area (Å²) in [5, 5.41) is 8.58. The molecule has 0 saturated carbocycles. The summed E-state index contributed by atoms with van der Waals surface area (Å²) in [4.78, 5) is 7.56. The lowest BCUT2D eigenvalue weighted by Gasteiger charge is -2.10. The third-order valence-electron chi connectivity index (χ3n) is 3.26. The van der Waals surface area contributed by atoms with Crippen molar-refractivity contribution in [1.29, 1.82) is 5.26 Å². The Morgan fingerprint density at radius 2 is 2.09 bits per heavy atom. The first-order chi connectivity index (χ1) is 11.2. The topological polar surface area (TPSA) is 70.9 Å². The minimum Gasteiger partial charge on any atom is -0.493 e. The highest BCUT2D eigenvalue weighted by Crippen LogP contribution is 2.33. The maximum absolute atomic E-state index is 13.3. The highest BCUT2D eigenvalue weighted by molar-refractivity contribution is 5.80. The molecule has 0 aliphatic rings. The third kappa shape index (κ3) is 3.09. The molecule has 1 heterocycles. The molecule has 3 rings (SSSR count). The number of hydrogen-bond acceptors (Lipinski definition) is 4. The van der Waals surface area contributed by atoms with Crippen LogP contribution in [0.1, 0.15) is 6.92 Å². The van der Waals surface area contributed by atoms with E-state index < -0.39 is 0 Å². The van der Waals surface area contributed by atoms with Gasteiger partial charge in [0.15, 0.2) is 6.61 Å². The van der Waals surface area contributed by atoms with Gasteiger partial charge in [-0.2, -0.15) is 5.26 Å². The Bertz CT molecular complexity index is 883. The molecule has 116 valence electrons. The Balaban J connectivity index is 2.03. The van der Waals surface area contributed by atoms with Gasteiger partial charge in [-0.3, -0.25) is 0 Å². The van der Waals surface area contributed by atoms with Crippen molar-refractivity contribution in [2.24, 2.45) is 0 Å². The van der Waals surface area contributed by atoms with Crippen LogP contribution in [-0.4, -0.2) is 23.2 Å². The number of H-pyrrole nitrogens is 1. The number of imidazole rings is 1. The number of aromatic nitrogens is 2. The predicted molar refractivity (Wildman–Crippen MR) is 83.8 cm³/mol. The molecule has 23 heavy (non-hydrogen) atoms. The monoisotopic (exact) mass is 311 g/mol. The van der Waals surface area contributed by atoms with Gasteiger partial charge in [-0.15, -0.1) is 0 Å². The Morgan fingerprint density at radius 3 is 2.87 bits per heavy atom. The van der Waals surface area contributed by atoms with Gasteiger partial charge in [0.1, 0.15) is 29.2 Å². The second kappa shape index (κ2) is 6.36. The van der Waals surface area contributed by atoms with Gasteiger partial charge in [0.25, 0.3) is 0 Å². The van der Waals surface area contributed by atoms with Crippen LogP contribution in [0.25, 0.3) is 22.4 Å². The van der Waals surface area contributed by atoms with E-state index in [1.54, 1.807) is 24.3 Å². The largest absolute Gasteiger partial charge is 0.493 e. The number of aromatic amines is 1. The quantitative estimate of drug-likeness (QED) is 0.780. The molecule has 6 heteroatoms. The SMILES string of the molecule is CCOc1cc(OCC#N)ccc1-c1nc2cc(F)ccc2[nH]1. The molecule has 0 aliphatic heterocycles. The van der Waals surface area contributed by atoms with Crippen LogP contribution in [0.3, 0.4) is 0 Å². The molecule has 1 aromatic heterocycles. The smallest absolute Gasteiger partial charge is 0.174 e. The number of halogens is 1. The molecule has 0 spiro atoms. The molecular weight excluding hydrogens is 297 g/mol. The van der Waals surface area contributed by atoms with Gasteiger partial charge >= 0.3 is 0 Å². The standard InChI is InChI=1S/C17H14FN3O2/c1-2-22-16-10-12(23-8-7-19)4-5-13(16)17-20-14-6-3-11(18)9-15(14)21-17/h3-6,9-10H,2,8H2,1H3,(H,20,21). The van der Waals surface area contributed by atoms with Crippen LogP contribution in [0.2, 0.25) is 0 Å². The number of ether oxygens (including phenoxy) is 2. The van der Waals surface area contributed by atoms with Crippen LogP contribution in [0.5, 0.6) is 11.5 Å². The van der Waals surface area contributed by atoms with E-state index in [2.05, 4.69) is 9.97 Å². The minimum atomic E-state index is -0.333. The molecule has 3 aromatic rings. The number of nitrogens with one attached hydrogen (secondary N) is 1. The Morgan fingerprint density at radius 1 is 1.22 bits per heavy atom. The van der Waals surface area contributed by atoms with Crippen molar-refractivity contribution >= 4 is 11.0 Å². The van der Waals surface area contributed by atoms with E-state index in [9.17, 15) is 4.39 Å². The normalized spacial score (nSPS) is 10.5. The average molecular weight is 311 g/mol. The number of rotatable bonds is 5. The van der Waals surface area contributed by atoms with Gasteiger partial charge in [-0.25, -0.2) is 9.37 Å². The summed E-state index contributed by atoms with van der Waals surface area (Å²) < 4.78 is 24.2. The summed E-state index contributed by atoms with van der Waals surface area (Å²) in [5.41, 5.74) is 2.04. The molecule has 0 fully saturated rings. The summed E-state index contributed by atoms with van der Waals surface area (Å²) in [5.74, 6) is 1.38. The molecule has 0 bridgehead atoms. The van der Waals surface area contributed by atoms with Crippen LogP contribution in [0.4, 0.5) is 4.39 Å². The zero-order chi connectivity index (χ0) is 16.2. The molecule has 1 N–H and O–H groups in total. The number of benzene rings is 2. The highest BCUT2D eigenvalue weighted by Gasteiger charge is 2.13. The first kappa shape index (κ1) is 14.9. The van der Waals surface area contributed by atoms with Gasteiger partial charge in [0, 0.05) is 12.1 Å². The predicted octanol–water partition coefficient (Wildman–Crippen LogP) is 3.67. The van der Waals surface area contributed by atoms with Crippen LogP contribution in [0, 0.1) is 17.1 Å². The average Bonchev–Trinajstić information content (AvgIpc) is 2.96. The van der Waals surface area contributed by atoms with Crippen molar-refractivity contribution in [2.75, 3.05) is 13.2 Å². The van der Waals surface area contributed by atoms with Crippen molar-refractivity contribution in [2.45, 2.75) is 6.92 Å². The van der Waals surface area contributed by atoms with E-state index in [0.717, 1.165) is 11.1 Å². The minimum absolute atomic E-state index is 0.0329. The molecule has 0 unspecified atom stereocenters. The van der Waals surface area contributed by atoms with Gasteiger partial charge in [0.2, 0.25) is 0 Å². The lowest BCUT2D eigenvalue weighted by atomic mass is 10.2. The lowest BCUT2D eigenvalue weighted by Crippen LogP contribution is -1.98. The molecule has 0 saturated heterocycles. The van der Waals surface area contributed by atoms with Crippen LogP contribution in [0.15, 0.2) is 36.4 Å². The summed E-state index contributed by atoms with van der Waals surface area (Å²) in [6.07, 6.45) is 0. The highest BCUT2D eigenvalue weighted by atomic mass is 19.1. The third-order valence-corrected chi connectivity index (χ3v) is 3.26. The summed E-state index contributed by atoms with van der Waals surface area (Å²) in [6.45, 7) is 2.32. The number of nitriles is 1. The Labute approximate surface area is 132 Å². The number of nitrogens with zero attached hydrogens (tertiary/aromatic N) is 2. The zero-order valence-corrected chi connectivity index (χ0v) is 12.5. The van der Waals surface area contributed by atoms with E-state index in [0.29, 0.717) is 29.4 Å². The van der Waals surface area contributed by atoms with Crippen molar-refractivity contribution in [3.05, 3.63) is 42.2 Å². The van der Waals surface area contributed by atoms with Crippen molar-refractivity contribution < 1.29 is 13.9 Å². The van der Waals surface area contributed by atoms with Crippen LogP contribution < -0.4 is 9.47 Å². The van der Waals surface area contributed by atoms with Gasteiger partial charge in [0.05, 0.1) is 23.2 Å². The van der Waals surface area contributed by atoms with Gasteiger partial charge < -0.3 is 14.5 Å². The van der Waals surface area contributed by atoms with E-state index in [4.69, 9.17) is 14.7 Å². The van der Waals surface area contributed by atoms with Crippen LogP contribution >= 0.6 is 0 Å². The fraction of sp³-hybridized carbons (Fsp3) is 0.176. The Hall–Kier alpha value is -3.07. The van der Waals surface area contributed by atoms with Crippen molar-refractivity contribution in [3.8, 4) is 29.0 Å². The van der Waals surface area contributed by atoms with Gasteiger partial charge in [-0.1, -0.05) is 0 Å². The van der Waals surface area contributed by atoms with Crippen molar-refractivity contribution in [3.63, 3.8) is 0 Å². The first-order valence-corrected chi connectivity index (χ1v) is 7.13. The number of fused-ring (bicyclic) bond motifs is 1. The summed E-state index contributed by atoms with van der Waals surface area (Å²) in [6, 6.07) is 11.6. The van der Waals surface area contributed by atoms with E-state index in [1.807, 2.05) is 13.0 Å². The second-order valence-corrected chi connectivity index (χ2v) is 4.78. The number of hydrogen-bond donors (Lipinski definition) is 1. The lowest BCUT2D eigenvalue weighted by molar-refractivity contribution is 0.333. The molecule has 2 aromatic carbocycles. The van der Waals surface area contributed by atoms with E-state index in [-0.39, 0.29) is 12.4 Å². The van der Waals surface area contributed by atoms with E-state index >= 15 is 0 Å². The molecular formula is C17H14FN3O2. The zero-order valence-electron chi connectivity index (χ0n) is 12.5. The fourth-order valence-corrected chi connectivity index (χ4v) is 2.29. The maximum Gasteiger partial charge on any atom is 0.174 e. The first-order valence-electron chi connectivity index (χ1n) is 7.13. The molecule has 0 amide bonds. The fourth-order valence-electron chi connectivity index (χ4n) is 2.29. The second-order valence-electron chi connectivity index (χ2n) is 4.78. The molecule has 0 aliphatic carbocycles. The maximum atomic E-state index is 13.3. The van der Waals surface area contributed by atoms with E-state index in [1.165, 1.54) is 12.1 Å². The molecule has 0 atom stereocenters. The summed E-state index contributed by atoms with van der Waals surface area (Å²) >= 11 is 0. The van der Waals surface area contributed by atoms with Crippen LogP contribution in [-0.2, 0) is 0 Å².